The van der Waals surface area contributed by atoms with Crippen LogP contribution in [0.3, 0.4) is 0 Å². The largest absolute Gasteiger partial charge is 0.416 e. The Balaban J connectivity index is 2.95. The molecule has 0 radical (unpaired) electrons. The molecule has 6 heteroatoms. The monoisotopic (exact) mass is 293 g/mol. The van der Waals surface area contributed by atoms with Gasteiger partial charge in [0, 0.05) is 12.6 Å². The maximum absolute atomic E-state index is 12.6. The summed E-state index contributed by atoms with van der Waals surface area (Å²) in [6.07, 6.45) is -4.38. The van der Waals surface area contributed by atoms with Crippen molar-refractivity contribution in [3.05, 3.63) is 35.4 Å². The van der Waals surface area contributed by atoms with E-state index in [9.17, 15) is 18.0 Å². The van der Waals surface area contributed by atoms with Crippen molar-refractivity contribution in [1.82, 2.24) is 4.90 Å². The number of hydrogen-bond donors (Lipinski definition) is 0. The summed E-state index contributed by atoms with van der Waals surface area (Å²) in [5.41, 5.74) is -0.283. The lowest BCUT2D eigenvalue weighted by atomic mass is 10.1. The first kappa shape index (κ1) is 15.8. The molecule has 0 unspecified atom stereocenters. The molecule has 0 spiro atoms. The summed E-state index contributed by atoms with van der Waals surface area (Å²) in [4.78, 5) is 13.1. The fourth-order valence-corrected chi connectivity index (χ4v) is 1.83. The summed E-state index contributed by atoms with van der Waals surface area (Å²) in [7, 11) is 0. The van der Waals surface area contributed by atoms with E-state index in [1.807, 2.05) is 0 Å². The van der Waals surface area contributed by atoms with Crippen LogP contribution in [0.25, 0.3) is 0 Å². The van der Waals surface area contributed by atoms with Gasteiger partial charge in [0.15, 0.2) is 0 Å². The normalized spacial score (nSPS) is 11.7. The average Bonchev–Trinajstić information content (AvgIpc) is 2.34. The summed E-state index contributed by atoms with van der Waals surface area (Å²) in [5, 5.41) is 0. The zero-order chi connectivity index (χ0) is 14.6. The second kappa shape index (κ2) is 6.28. The van der Waals surface area contributed by atoms with Gasteiger partial charge in [-0.15, -0.1) is 11.6 Å². The highest BCUT2D eigenvalue weighted by Crippen LogP contribution is 2.29. The molecule has 19 heavy (non-hydrogen) atoms. The number of carbonyl (C=O) groups is 1. The van der Waals surface area contributed by atoms with Gasteiger partial charge in [0.25, 0.3) is 0 Å². The SMILES string of the molecule is CC(C)N(Cc1cccc(C(F)(F)F)c1)C(=O)CCl. The van der Waals surface area contributed by atoms with Gasteiger partial charge in [-0.05, 0) is 31.5 Å². The zero-order valence-electron chi connectivity index (χ0n) is 10.7. The van der Waals surface area contributed by atoms with Crippen LogP contribution in [-0.2, 0) is 17.5 Å². The summed E-state index contributed by atoms with van der Waals surface area (Å²) in [6.45, 7) is 3.70. The lowest BCUT2D eigenvalue weighted by Crippen LogP contribution is -2.37. The first-order valence-electron chi connectivity index (χ1n) is 5.77. The molecule has 2 nitrogen and oxygen atoms in total. The van der Waals surface area contributed by atoms with Crippen molar-refractivity contribution in [2.75, 3.05) is 5.88 Å². The van der Waals surface area contributed by atoms with Crippen molar-refractivity contribution in [1.29, 1.82) is 0 Å². The first-order chi connectivity index (χ1) is 8.75. The Morgan fingerprint density at radius 1 is 1.37 bits per heavy atom. The minimum atomic E-state index is -4.38. The van der Waals surface area contributed by atoms with Gasteiger partial charge >= 0.3 is 6.18 Å². The van der Waals surface area contributed by atoms with Crippen LogP contribution in [0.2, 0.25) is 0 Å². The van der Waals surface area contributed by atoms with Gasteiger partial charge in [-0.1, -0.05) is 12.1 Å². The van der Waals surface area contributed by atoms with E-state index in [1.54, 1.807) is 19.9 Å². The van der Waals surface area contributed by atoms with Crippen LogP contribution < -0.4 is 0 Å². The minimum absolute atomic E-state index is 0.118. The van der Waals surface area contributed by atoms with Crippen LogP contribution in [0.1, 0.15) is 25.0 Å². The topological polar surface area (TPSA) is 20.3 Å². The predicted molar refractivity (Wildman–Crippen MR) is 67.9 cm³/mol. The Morgan fingerprint density at radius 2 is 2.00 bits per heavy atom. The molecule has 0 saturated heterocycles. The van der Waals surface area contributed by atoms with Crippen LogP contribution in [0.4, 0.5) is 13.2 Å². The molecule has 0 fully saturated rings. The van der Waals surface area contributed by atoms with Crippen LogP contribution in [0.15, 0.2) is 24.3 Å². The maximum atomic E-state index is 12.6. The minimum Gasteiger partial charge on any atom is -0.335 e. The summed E-state index contributed by atoms with van der Waals surface area (Å²) < 4.78 is 37.8. The first-order valence-corrected chi connectivity index (χ1v) is 6.30. The lowest BCUT2D eigenvalue weighted by molar-refractivity contribution is -0.137. The van der Waals surface area contributed by atoms with E-state index in [2.05, 4.69) is 0 Å². The van der Waals surface area contributed by atoms with Gasteiger partial charge in [0.05, 0.1) is 5.56 Å². The third-order valence-corrected chi connectivity index (χ3v) is 2.89. The van der Waals surface area contributed by atoms with Crippen LogP contribution in [-0.4, -0.2) is 22.7 Å². The summed E-state index contributed by atoms with van der Waals surface area (Å²) >= 11 is 5.49. The van der Waals surface area contributed by atoms with Crippen molar-refractivity contribution < 1.29 is 18.0 Å². The van der Waals surface area contributed by atoms with Crippen LogP contribution in [0.5, 0.6) is 0 Å². The van der Waals surface area contributed by atoms with Crippen LogP contribution in [0, 0.1) is 0 Å². The molecule has 106 valence electrons. The summed E-state index contributed by atoms with van der Waals surface area (Å²) in [6, 6.07) is 4.83. The molecular formula is C13H15ClF3NO. The predicted octanol–water partition coefficient (Wildman–Crippen LogP) is 3.68. The Morgan fingerprint density at radius 3 is 2.47 bits per heavy atom. The van der Waals surface area contributed by atoms with Gasteiger partial charge in [0.1, 0.15) is 5.88 Å². The smallest absolute Gasteiger partial charge is 0.335 e. The molecule has 0 atom stereocenters. The average molecular weight is 294 g/mol. The molecule has 0 aliphatic carbocycles. The number of nitrogens with zero attached hydrogens (tertiary/aromatic N) is 1. The fraction of sp³-hybridized carbons (Fsp3) is 0.462. The van der Waals surface area contributed by atoms with E-state index in [0.29, 0.717) is 5.56 Å². The quantitative estimate of drug-likeness (QED) is 0.776. The van der Waals surface area contributed by atoms with Crippen molar-refractivity contribution in [3.63, 3.8) is 0 Å². The number of alkyl halides is 4. The van der Waals surface area contributed by atoms with E-state index in [-0.39, 0.29) is 24.4 Å². The third-order valence-electron chi connectivity index (χ3n) is 2.67. The number of carbonyl (C=O) groups excluding carboxylic acids is 1. The van der Waals surface area contributed by atoms with E-state index in [0.717, 1.165) is 12.1 Å². The van der Waals surface area contributed by atoms with E-state index in [4.69, 9.17) is 11.6 Å². The molecule has 0 heterocycles. The van der Waals surface area contributed by atoms with E-state index >= 15 is 0 Å². The Hall–Kier alpha value is -1.23. The highest BCUT2D eigenvalue weighted by atomic mass is 35.5. The summed E-state index contributed by atoms with van der Waals surface area (Å²) in [5.74, 6) is -0.481. The van der Waals surface area contributed by atoms with Crippen molar-refractivity contribution in [3.8, 4) is 0 Å². The van der Waals surface area contributed by atoms with Crippen LogP contribution >= 0.6 is 11.6 Å². The molecule has 0 aliphatic heterocycles. The van der Waals surface area contributed by atoms with Gasteiger partial charge in [-0.25, -0.2) is 0 Å². The molecular weight excluding hydrogens is 279 g/mol. The molecule has 1 aromatic rings. The second-order valence-electron chi connectivity index (χ2n) is 4.45. The fourth-order valence-electron chi connectivity index (χ4n) is 1.68. The number of rotatable bonds is 4. The van der Waals surface area contributed by atoms with Crippen molar-refractivity contribution in [2.45, 2.75) is 32.6 Å². The molecule has 1 amide bonds. The standard InChI is InChI=1S/C13H15ClF3NO/c1-9(2)18(12(19)7-14)8-10-4-3-5-11(6-10)13(15,16)17/h3-6,9H,7-8H2,1-2H3. The highest BCUT2D eigenvalue weighted by Gasteiger charge is 2.30. The van der Waals surface area contributed by atoms with Crippen molar-refractivity contribution >= 4 is 17.5 Å². The number of amides is 1. The van der Waals surface area contributed by atoms with Gasteiger partial charge in [-0.2, -0.15) is 13.2 Å². The third kappa shape index (κ3) is 4.42. The molecule has 0 aliphatic rings. The van der Waals surface area contributed by atoms with E-state index in [1.165, 1.54) is 11.0 Å². The molecule has 0 saturated carbocycles. The maximum Gasteiger partial charge on any atom is 0.416 e. The highest BCUT2D eigenvalue weighted by molar-refractivity contribution is 6.27. The zero-order valence-corrected chi connectivity index (χ0v) is 11.4. The molecule has 0 bridgehead atoms. The number of halogens is 4. The Labute approximate surface area is 115 Å². The second-order valence-corrected chi connectivity index (χ2v) is 4.71. The Kier molecular flexibility index (Phi) is 5.23. The van der Waals surface area contributed by atoms with Gasteiger partial charge < -0.3 is 4.90 Å². The number of hydrogen-bond acceptors (Lipinski definition) is 1. The molecule has 0 N–H and O–H groups in total. The van der Waals surface area contributed by atoms with E-state index < -0.39 is 11.7 Å². The molecule has 1 rings (SSSR count). The number of benzene rings is 1. The van der Waals surface area contributed by atoms with Gasteiger partial charge in [-0.3, -0.25) is 4.79 Å². The molecule has 1 aromatic carbocycles. The Bertz CT molecular complexity index is 446. The van der Waals surface area contributed by atoms with Crippen molar-refractivity contribution in [2.24, 2.45) is 0 Å². The van der Waals surface area contributed by atoms with Gasteiger partial charge in [0.2, 0.25) is 5.91 Å². The lowest BCUT2D eigenvalue weighted by Gasteiger charge is -2.26. The molecule has 0 aromatic heterocycles.